The van der Waals surface area contributed by atoms with Crippen LogP contribution in [0.4, 0.5) is 0 Å². The number of fused-ring (bicyclic) bond motifs is 1. The molecule has 0 radical (unpaired) electrons. The number of likely N-dealkylation sites (tertiary alicyclic amines) is 1. The highest BCUT2D eigenvalue weighted by Crippen LogP contribution is 2.26. The van der Waals surface area contributed by atoms with Crippen molar-refractivity contribution in [3.8, 4) is 22.4 Å². The van der Waals surface area contributed by atoms with E-state index in [9.17, 15) is 4.55 Å². The third-order valence-corrected chi connectivity index (χ3v) is 7.69. The summed E-state index contributed by atoms with van der Waals surface area (Å²) in [4.78, 5) is 7.10. The first kappa shape index (κ1) is 20.3. The van der Waals surface area contributed by atoms with E-state index < -0.39 is 11.2 Å². The number of rotatable bonds is 5. The normalized spacial score (nSPS) is 16.6. The first-order valence-corrected chi connectivity index (χ1v) is 12.5. The maximum atomic E-state index is 11.7. The van der Waals surface area contributed by atoms with Crippen molar-refractivity contribution in [1.82, 2.24) is 14.3 Å². The first-order valence-electron chi connectivity index (χ1n) is 10.8. The maximum Gasteiger partial charge on any atom is 0.137 e. The second kappa shape index (κ2) is 8.87. The van der Waals surface area contributed by atoms with Crippen LogP contribution >= 0.6 is 0 Å². The van der Waals surface area contributed by atoms with E-state index in [0.717, 1.165) is 43.8 Å². The molecule has 4 nitrogen and oxygen atoms in total. The van der Waals surface area contributed by atoms with Gasteiger partial charge in [0.25, 0.3) is 0 Å². The zero-order valence-electron chi connectivity index (χ0n) is 17.8. The molecule has 1 atom stereocenters. The van der Waals surface area contributed by atoms with Crippen molar-refractivity contribution in [2.75, 3.05) is 19.3 Å². The highest BCUT2D eigenvalue weighted by atomic mass is 32.2. The average molecular weight is 430 g/mol. The molecule has 1 unspecified atom stereocenters. The van der Waals surface area contributed by atoms with Gasteiger partial charge in [-0.25, -0.2) is 4.98 Å². The van der Waals surface area contributed by atoms with E-state index in [1.165, 1.54) is 22.3 Å². The number of piperidine rings is 1. The van der Waals surface area contributed by atoms with Crippen LogP contribution in [0.5, 0.6) is 0 Å². The largest absolute Gasteiger partial charge is 0.616 e. The van der Waals surface area contributed by atoms with E-state index >= 15 is 0 Å². The van der Waals surface area contributed by atoms with Crippen molar-refractivity contribution in [2.45, 2.75) is 24.6 Å². The number of hydrogen-bond donors (Lipinski definition) is 0. The molecule has 0 spiro atoms. The number of nitrogens with zero attached hydrogens (tertiary/aromatic N) is 3. The minimum absolute atomic E-state index is 0.374. The van der Waals surface area contributed by atoms with Gasteiger partial charge in [-0.3, -0.25) is 9.30 Å². The molecule has 4 aromatic rings. The molecular formula is C26H27N3OS. The summed E-state index contributed by atoms with van der Waals surface area (Å²) < 4.78 is 13.8. The lowest BCUT2D eigenvalue weighted by Gasteiger charge is -2.31. The molecule has 0 aliphatic carbocycles. The lowest BCUT2D eigenvalue weighted by molar-refractivity contribution is 0.222. The monoisotopic (exact) mass is 429 g/mol. The summed E-state index contributed by atoms with van der Waals surface area (Å²) in [5, 5.41) is 0.374. The standard InChI is InChI=1S/C26H27N3OS/c1-31(30)24-12-14-28(15-13-24)19-20-7-9-21(10-8-20)23-11-16-29-25(18-27-26(29)17-23)22-5-3-2-4-6-22/h2-11,16-18,24H,12-15,19H2,1H3. The molecule has 1 aliphatic heterocycles. The number of pyridine rings is 1. The molecule has 5 rings (SSSR count). The minimum atomic E-state index is -0.691. The summed E-state index contributed by atoms with van der Waals surface area (Å²) in [7, 11) is 0. The predicted molar refractivity (Wildman–Crippen MR) is 128 cm³/mol. The topological polar surface area (TPSA) is 43.6 Å². The second-order valence-electron chi connectivity index (χ2n) is 8.32. The average Bonchev–Trinajstić information content (AvgIpc) is 3.24. The van der Waals surface area contributed by atoms with Crippen molar-refractivity contribution in [3.05, 3.63) is 84.7 Å². The molecule has 0 amide bonds. The third-order valence-electron chi connectivity index (χ3n) is 6.28. The molecule has 3 heterocycles. The Morgan fingerprint density at radius 3 is 2.39 bits per heavy atom. The van der Waals surface area contributed by atoms with Crippen LogP contribution in [0.1, 0.15) is 18.4 Å². The van der Waals surface area contributed by atoms with Crippen molar-refractivity contribution < 1.29 is 4.55 Å². The Bertz CT molecular complexity index is 1150. The summed E-state index contributed by atoms with van der Waals surface area (Å²) in [6, 6.07) is 23.5. The molecule has 5 heteroatoms. The van der Waals surface area contributed by atoms with Crippen LogP contribution in [0.3, 0.4) is 0 Å². The van der Waals surface area contributed by atoms with E-state index in [1.807, 2.05) is 18.5 Å². The Balaban J connectivity index is 1.30. The smallest absolute Gasteiger partial charge is 0.137 e. The Labute approximate surface area is 186 Å². The van der Waals surface area contributed by atoms with Crippen LogP contribution in [0.25, 0.3) is 28.0 Å². The van der Waals surface area contributed by atoms with Gasteiger partial charge in [-0.05, 0) is 28.8 Å². The zero-order chi connectivity index (χ0) is 21.2. The van der Waals surface area contributed by atoms with Crippen molar-refractivity contribution in [3.63, 3.8) is 0 Å². The van der Waals surface area contributed by atoms with Gasteiger partial charge in [-0.15, -0.1) is 0 Å². The Morgan fingerprint density at radius 1 is 0.935 bits per heavy atom. The molecule has 0 N–H and O–H groups in total. The predicted octanol–water partition coefficient (Wildman–Crippen LogP) is 5.01. The van der Waals surface area contributed by atoms with Gasteiger partial charge in [0.05, 0.1) is 18.1 Å². The molecule has 2 aromatic heterocycles. The summed E-state index contributed by atoms with van der Waals surface area (Å²) in [6.07, 6.45) is 7.96. The highest BCUT2D eigenvalue weighted by molar-refractivity contribution is 7.91. The van der Waals surface area contributed by atoms with Gasteiger partial charge in [0.2, 0.25) is 0 Å². The van der Waals surface area contributed by atoms with Gasteiger partial charge in [-0.2, -0.15) is 0 Å². The van der Waals surface area contributed by atoms with Crippen molar-refractivity contribution in [2.24, 2.45) is 0 Å². The molecular weight excluding hydrogens is 402 g/mol. The van der Waals surface area contributed by atoms with E-state index in [-0.39, 0.29) is 0 Å². The quantitative estimate of drug-likeness (QED) is 0.419. The van der Waals surface area contributed by atoms with E-state index in [2.05, 4.69) is 81.1 Å². The summed E-state index contributed by atoms with van der Waals surface area (Å²) in [6.45, 7) is 3.03. The summed E-state index contributed by atoms with van der Waals surface area (Å²) in [5.74, 6) is 0. The fraction of sp³-hybridized carbons (Fsp3) is 0.269. The van der Waals surface area contributed by atoms with Crippen LogP contribution < -0.4 is 0 Å². The van der Waals surface area contributed by atoms with Crippen molar-refractivity contribution >= 4 is 16.8 Å². The Kier molecular flexibility index (Phi) is 5.81. The van der Waals surface area contributed by atoms with Crippen LogP contribution in [0, 0.1) is 0 Å². The van der Waals surface area contributed by atoms with E-state index in [4.69, 9.17) is 0 Å². The van der Waals surface area contributed by atoms with Gasteiger partial charge in [0, 0.05) is 44.2 Å². The molecule has 2 aromatic carbocycles. The minimum Gasteiger partial charge on any atom is -0.616 e. The Hall–Kier alpha value is -2.60. The molecule has 1 saturated heterocycles. The van der Waals surface area contributed by atoms with E-state index in [0.29, 0.717) is 5.25 Å². The molecule has 1 fully saturated rings. The lowest BCUT2D eigenvalue weighted by Crippen LogP contribution is -2.38. The second-order valence-corrected chi connectivity index (χ2v) is 9.99. The number of hydrogen-bond acceptors (Lipinski definition) is 3. The number of benzene rings is 2. The third kappa shape index (κ3) is 4.40. The highest BCUT2D eigenvalue weighted by Gasteiger charge is 2.25. The van der Waals surface area contributed by atoms with Crippen LogP contribution in [-0.4, -0.2) is 43.4 Å². The number of aromatic nitrogens is 2. The maximum absolute atomic E-state index is 11.7. The summed E-state index contributed by atoms with van der Waals surface area (Å²) >= 11 is -0.691. The lowest BCUT2D eigenvalue weighted by atomic mass is 10.0. The first-order chi connectivity index (χ1) is 15.2. The van der Waals surface area contributed by atoms with Gasteiger partial charge in [0.1, 0.15) is 10.9 Å². The fourth-order valence-electron chi connectivity index (χ4n) is 4.44. The van der Waals surface area contributed by atoms with Crippen LogP contribution in [0.2, 0.25) is 0 Å². The summed E-state index contributed by atoms with van der Waals surface area (Å²) in [5.41, 5.74) is 6.94. The molecule has 0 saturated carbocycles. The van der Waals surface area contributed by atoms with Gasteiger partial charge < -0.3 is 4.55 Å². The molecule has 1 aliphatic rings. The SMILES string of the molecule is C[S+]([O-])C1CCN(Cc2ccc(-c3ccn4c(-c5ccccc5)cnc4c3)cc2)CC1. The van der Waals surface area contributed by atoms with Gasteiger partial charge in [-0.1, -0.05) is 65.8 Å². The van der Waals surface area contributed by atoms with Crippen molar-refractivity contribution in [1.29, 1.82) is 0 Å². The zero-order valence-corrected chi connectivity index (χ0v) is 18.6. The fourth-order valence-corrected chi connectivity index (χ4v) is 5.32. The molecule has 31 heavy (non-hydrogen) atoms. The molecule has 158 valence electrons. The van der Waals surface area contributed by atoms with Gasteiger partial charge in [0.15, 0.2) is 0 Å². The number of imidazole rings is 1. The van der Waals surface area contributed by atoms with Gasteiger partial charge >= 0.3 is 0 Å². The van der Waals surface area contributed by atoms with E-state index in [1.54, 1.807) is 0 Å². The van der Waals surface area contributed by atoms with Crippen LogP contribution in [0.15, 0.2) is 79.1 Å². The van der Waals surface area contributed by atoms with Crippen LogP contribution in [-0.2, 0) is 17.7 Å². The molecule has 0 bridgehead atoms. The Morgan fingerprint density at radius 2 is 1.68 bits per heavy atom.